The molecule has 0 bridgehead atoms. The molecule has 1 unspecified atom stereocenters. The summed E-state index contributed by atoms with van der Waals surface area (Å²) in [7, 11) is 1.55. The number of methoxy groups -OCH3 is 1. The van der Waals surface area contributed by atoms with Crippen LogP contribution in [0, 0.1) is 5.92 Å². The van der Waals surface area contributed by atoms with E-state index in [0.29, 0.717) is 19.6 Å². The monoisotopic (exact) mass is 455 g/mol. The Labute approximate surface area is 190 Å². The fourth-order valence-corrected chi connectivity index (χ4v) is 4.32. The van der Waals surface area contributed by atoms with Crippen LogP contribution in [0.4, 0.5) is 11.5 Å². The lowest BCUT2D eigenvalue weighted by Crippen LogP contribution is -2.44. The number of rotatable bonds is 9. The number of hydrogen-bond acceptors (Lipinski definition) is 6. The zero-order valence-electron chi connectivity index (χ0n) is 18.7. The molecule has 33 heavy (non-hydrogen) atoms. The number of benzene rings is 1. The first-order valence-electron chi connectivity index (χ1n) is 11.2. The van der Waals surface area contributed by atoms with E-state index in [1.165, 1.54) is 9.47 Å². The number of anilines is 2. The van der Waals surface area contributed by atoms with E-state index in [-0.39, 0.29) is 48.9 Å². The molecule has 1 saturated heterocycles. The highest BCUT2D eigenvalue weighted by Gasteiger charge is 2.43. The summed E-state index contributed by atoms with van der Waals surface area (Å²) < 4.78 is 6.37. The van der Waals surface area contributed by atoms with E-state index in [2.05, 4.69) is 4.98 Å². The van der Waals surface area contributed by atoms with Crippen molar-refractivity contribution in [3.63, 3.8) is 0 Å². The second kappa shape index (κ2) is 9.62. The van der Waals surface area contributed by atoms with Crippen molar-refractivity contribution in [3.8, 4) is 0 Å². The van der Waals surface area contributed by atoms with E-state index >= 15 is 0 Å². The average molecular weight is 456 g/mol. The number of likely N-dealkylation sites (tertiary alicyclic amines) is 1. The second-order valence-electron chi connectivity index (χ2n) is 8.58. The molecule has 1 aliphatic heterocycles. The van der Waals surface area contributed by atoms with Crippen LogP contribution in [0.2, 0.25) is 0 Å². The van der Waals surface area contributed by atoms with Gasteiger partial charge in [-0.3, -0.25) is 23.9 Å². The lowest BCUT2D eigenvalue weighted by atomic mass is 10.1. The fourth-order valence-electron chi connectivity index (χ4n) is 4.32. The number of aromatic amines is 1. The number of nitrogen functional groups attached to an aromatic ring is 1. The van der Waals surface area contributed by atoms with Crippen LogP contribution in [0.1, 0.15) is 31.2 Å². The van der Waals surface area contributed by atoms with E-state index in [1.807, 2.05) is 30.3 Å². The maximum atomic E-state index is 13.5. The molecule has 4 rings (SSSR count). The van der Waals surface area contributed by atoms with Gasteiger partial charge in [-0.15, -0.1) is 0 Å². The van der Waals surface area contributed by atoms with Gasteiger partial charge in [0.05, 0.1) is 12.5 Å². The van der Waals surface area contributed by atoms with Crippen molar-refractivity contribution in [1.82, 2.24) is 14.5 Å². The first-order valence-corrected chi connectivity index (χ1v) is 11.2. The largest absolute Gasteiger partial charge is 0.385 e. The van der Waals surface area contributed by atoms with Gasteiger partial charge >= 0.3 is 5.69 Å². The smallest absolute Gasteiger partial charge is 0.330 e. The van der Waals surface area contributed by atoms with Crippen LogP contribution < -0.4 is 21.9 Å². The number of carbonyl (C=O) groups excluding carboxylic acids is 2. The lowest BCUT2D eigenvalue weighted by molar-refractivity contribution is -0.128. The summed E-state index contributed by atoms with van der Waals surface area (Å²) >= 11 is 0. The summed E-state index contributed by atoms with van der Waals surface area (Å²) in [6.07, 6.45) is 2.49. The summed E-state index contributed by atoms with van der Waals surface area (Å²) in [5, 5.41) is 0. The third-order valence-corrected chi connectivity index (χ3v) is 6.16. The van der Waals surface area contributed by atoms with Gasteiger partial charge in [0.2, 0.25) is 11.8 Å². The Morgan fingerprint density at radius 1 is 1.21 bits per heavy atom. The van der Waals surface area contributed by atoms with Crippen molar-refractivity contribution in [2.45, 2.75) is 38.3 Å². The minimum Gasteiger partial charge on any atom is -0.385 e. The molecule has 2 amide bonds. The first-order chi connectivity index (χ1) is 15.9. The molecule has 2 aliphatic rings. The Balaban J connectivity index is 1.68. The average Bonchev–Trinajstić information content (AvgIpc) is 3.57. The third-order valence-electron chi connectivity index (χ3n) is 6.16. The molecule has 0 radical (unpaired) electrons. The zero-order chi connectivity index (χ0) is 23.5. The number of nitrogens with one attached hydrogen (secondary N) is 1. The number of nitrogens with two attached hydrogens (primary N) is 1. The Bertz CT molecular complexity index is 1140. The maximum Gasteiger partial charge on any atom is 0.330 e. The van der Waals surface area contributed by atoms with Gasteiger partial charge in [0.1, 0.15) is 5.82 Å². The number of H-pyrrole nitrogens is 1. The zero-order valence-corrected chi connectivity index (χ0v) is 18.7. The summed E-state index contributed by atoms with van der Waals surface area (Å²) in [5.41, 5.74) is 5.71. The summed E-state index contributed by atoms with van der Waals surface area (Å²) in [6, 6.07) is 9.44. The van der Waals surface area contributed by atoms with E-state index in [1.54, 1.807) is 12.0 Å². The Kier molecular flexibility index (Phi) is 6.64. The van der Waals surface area contributed by atoms with E-state index in [4.69, 9.17) is 10.5 Å². The molecule has 2 fully saturated rings. The van der Waals surface area contributed by atoms with Crippen molar-refractivity contribution in [2.75, 3.05) is 37.4 Å². The van der Waals surface area contributed by atoms with Crippen LogP contribution in [0.3, 0.4) is 0 Å². The number of carbonyl (C=O) groups is 2. The molecule has 10 heteroatoms. The predicted octanol–water partition coefficient (Wildman–Crippen LogP) is 0.548. The fraction of sp³-hybridized carbons (Fsp3) is 0.478. The third kappa shape index (κ3) is 4.85. The van der Waals surface area contributed by atoms with Gasteiger partial charge in [0.15, 0.2) is 5.69 Å². The predicted molar refractivity (Wildman–Crippen MR) is 123 cm³/mol. The van der Waals surface area contributed by atoms with Crippen LogP contribution in [-0.4, -0.2) is 59.1 Å². The maximum absolute atomic E-state index is 13.5. The highest BCUT2D eigenvalue weighted by atomic mass is 16.5. The molecule has 1 atom stereocenters. The number of hydrogen-bond donors (Lipinski definition) is 2. The van der Waals surface area contributed by atoms with Gasteiger partial charge < -0.3 is 20.3 Å². The summed E-state index contributed by atoms with van der Waals surface area (Å²) in [5.74, 6) is -1.02. The second-order valence-corrected chi connectivity index (χ2v) is 8.58. The van der Waals surface area contributed by atoms with Gasteiger partial charge in [0, 0.05) is 39.3 Å². The van der Waals surface area contributed by atoms with Gasteiger partial charge in [-0.1, -0.05) is 30.3 Å². The molecule has 1 saturated carbocycles. The molecule has 2 aromatic rings. The molecule has 10 nitrogen and oxygen atoms in total. The molecular formula is C23H29N5O5. The van der Waals surface area contributed by atoms with Crippen molar-refractivity contribution >= 4 is 23.3 Å². The van der Waals surface area contributed by atoms with Gasteiger partial charge in [-0.25, -0.2) is 4.79 Å². The van der Waals surface area contributed by atoms with Crippen LogP contribution in [-0.2, 0) is 20.9 Å². The van der Waals surface area contributed by atoms with Crippen LogP contribution in [0.5, 0.6) is 0 Å². The topological polar surface area (TPSA) is 131 Å². The minimum atomic E-state index is -0.726. The minimum absolute atomic E-state index is 0.0383. The van der Waals surface area contributed by atoms with Crippen molar-refractivity contribution in [1.29, 1.82) is 0 Å². The molecule has 1 aromatic carbocycles. The van der Waals surface area contributed by atoms with E-state index in [0.717, 1.165) is 18.4 Å². The van der Waals surface area contributed by atoms with Crippen molar-refractivity contribution in [2.24, 2.45) is 5.92 Å². The quantitative estimate of drug-likeness (QED) is 0.531. The number of ether oxygens (including phenoxy) is 1. The highest BCUT2D eigenvalue weighted by Crippen LogP contribution is 2.34. The number of nitrogens with zero attached hydrogens (tertiary/aromatic N) is 3. The van der Waals surface area contributed by atoms with Crippen LogP contribution in [0.25, 0.3) is 0 Å². The van der Waals surface area contributed by atoms with Gasteiger partial charge in [-0.05, 0) is 24.8 Å². The normalized spacial score (nSPS) is 18.0. The number of amides is 2. The molecule has 0 spiro atoms. The Hall–Kier alpha value is -3.40. The van der Waals surface area contributed by atoms with Crippen molar-refractivity contribution in [3.05, 3.63) is 56.7 Å². The van der Waals surface area contributed by atoms with E-state index < -0.39 is 17.2 Å². The van der Waals surface area contributed by atoms with Gasteiger partial charge in [-0.2, -0.15) is 0 Å². The molecule has 3 N–H and O–H groups in total. The van der Waals surface area contributed by atoms with E-state index in [9.17, 15) is 19.2 Å². The summed E-state index contributed by atoms with van der Waals surface area (Å²) in [4.78, 5) is 56.8. The summed E-state index contributed by atoms with van der Waals surface area (Å²) in [6.45, 7) is 1.04. The molecule has 1 aromatic heterocycles. The molecule has 176 valence electrons. The van der Waals surface area contributed by atoms with Crippen LogP contribution in [0.15, 0.2) is 39.9 Å². The molecule has 2 heterocycles. The Morgan fingerprint density at radius 2 is 1.94 bits per heavy atom. The Morgan fingerprint density at radius 3 is 2.61 bits per heavy atom. The standard InChI is InChI=1S/C23H29N5O5/c1-33-11-5-10-26(22(31)16-12-18(29)27(14-16)17-8-9-17)19-20(24)28(23(32)25-21(19)30)13-15-6-3-2-4-7-15/h2-4,6-7,16-17H,5,8-14,24H2,1H3,(H,25,30,32). The lowest BCUT2D eigenvalue weighted by Gasteiger charge is -2.27. The van der Waals surface area contributed by atoms with Gasteiger partial charge in [0.25, 0.3) is 5.56 Å². The number of aromatic nitrogens is 2. The van der Waals surface area contributed by atoms with Crippen LogP contribution >= 0.6 is 0 Å². The molecular weight excluding hydrogens is 426 g/mol. The SMILES string of the molecule is COCCCN(C(=O)C1CC(=O)N(C2CC2)C1)c1c(N)n(Cc2ccccc2)c(=O)[nH]c1=O. The first kappa shape index (κ1) is 22.8. The molecule has 1 aliphatic carbocycles. The highest BCUT2D eigenvalue weighted by molar-refractivity contribution is 6.00. The van der Waals surface area contributed by atoms with Crippen molar-refractivity contribution < 1.29 is 14.3 Å².